The molecule has 2 heteroatoms. The van der Waals surface area contributed by atoms with Gasteiger partial charge in [0.2, 0.25) is 5.91 Å². The molecular weight excluding hydrogens is 198 g/mol. The number of hydrogen-bond donors (Lipinski definition) is 1. The molecule has 0 fully saturated rings. The molecule has 0 aromatic heterocycles. The van der Waals surface area contributed by atoms with Crippen LogP contribution in [0.15, 0.2) is 42.0 Å². The second-order valence-electron chi connectivity index (χ2n) is 4.31. The Morgan fingerprint density at radius 2 is 1.94 bits per heavy atom. The van der Waals surface area contributed by atoms with Gasteiger partial charge in [0.15, 0.2) is 0 Å². The van der Waals surface area contributed by atoms with Gasteiger partial charge < -0.3 is 5.73 Å². The van der Waals surface area contributed by atoms with Gasteiger partial charge in [-0.05, 0) is 32.3 Å². The second kappa shape index (κ2) is 6.11. The third kappa shape index (κ3) is 4.30. The van der Waals surface area contributed by atoms with Crippen molar-refractivity contribution in [2.24, 2.45) is 11.7 Å². The largest absolute Gasteiger partial charge is 0.369 e. The van der Waals surface area contributed by atoms with E-state index >= 15 is 0 Å². The molecule has 0 unspecified atom stereocenters. The van der Waals surface area contributed by atoms with Crippen molar-refractivity contribution in [3.05, 3.63) is 47.5 Å². The van der Waals surface area contributed by atoms with Crippen molar-refractivity contribution in [3.8, 4) is 0 Å². The van der Waals surface area contributed by atoms with E-state index in [0.717, 1.165) is 18.4 Å². The molecule has 0 spiro atoms. The van der Waals surface area contributed by atoms with Gasteiger partial charge >= 0.3 is 0 Å². The van der Waals surface area contributed by atoms with Crippen molar-refractivity contribution in [1.82, 2.24) is 0 Å². The zero-order valence-electron chi connectivity index (χ0n) is 9.94. The summed E-state index contributed by atoms with van der Waals surface area (Å²) >= 11 is 0. The fraction of sp³-hybridized carbons (Fsp3) is 0.357. The van der Waals surface area contributed by atoms with E-state index in [1.54, 1.807) is 0 Å². The van der Waals surface area contributed by atoms with Crippen molar-refractivity contribution in [2.45, 2.75) is 26.7 Å². The average Bonchev–Trinajstić information content (AvgIpc) is 2.25. The van der Waals surface area contributed by atoms with Crippen LogP contribution in [-0.2, 0) is 11.2 Å². The zero-order chi connectivity index (χ0) is 12.0. The number of amides is 1. The molecule has 2 N–H and O–H groups in total. The van der Waals surface area contributed by atoms with Crippen LogP contribution in [0.2, 0.25) is 0 Å². The first-order valence-corrected chi connectivity index (χ1v) is 5.56. The van der Waals surface area contributed by atoms with Gasteiger partial charge in [0.1, 0.15) is 0 Å². The Morgan fingerprint density at radius 1 is 1.31 bits per heavy atom. The number of primary amides is 1. The van der Waals surface area contributed by atoms with E-state index in [1.165, 1.54) is 5.57 Å². The van der Waals surface area contributed by atoms with E-state index in [1.807, 2.05) is 44.2 Å². The van der Waals surface area contributed by atoms with Crippen LogP contribution in [0.5, 0.6) is 0 Å². The molecule has 0 aliphatic carbocycles. The molecule has 0 aliphatic heterocycles. The molecule has 0 heterocycles. The highest BCUT2D eigenvalue weighted by Gasteiger charge is 2.14. The summed E-state index contributed by atoms with van der Waals surface area (Å²) in [5, 5.41) is 0. The summed E-state index contributed by atoms with van der Waals surface area (Å²) in [5.41, 5.74) is 7.78. The molecule has 16 heavy (non-hydrogen) atoms. The minimum atomic E-state index is -0.221. The van der Waals surface area contributed by atoms with E-state index in [4.69, 9.17) is 5.73 Å². The summed E-state index contributed by atoms with van der Waals surface area (Å²) in [6.45, 7) is 4.06. The fourth-order valence-electron chi connectivity index (χ4n) is 1.58. The zero-order valence-corrected chi connectivity index (χ0v) is 9.94. The first-order valence-electron chi connectivity index (χ1n) is 5.56. The van der Waals surface area contributed by atoms with Gasteiger partial charge in [0.05, 0.1) is 0 Å². The summed E-state index contributed by atoms with van der Waals surface area (Å²) in [7, 11) is 0. The highest BCUT2D eigenvalue weighted by molar-refractivity contribution is 5.77. The predicted molar refractivity (Wildman–Crippen MR) is 66.9 cm³/mol. The number of allylic oxidation sites excluding steroid dienone is 2. The van der Waals surface area contributed by atoms with Gasteiger partial charge in [0, 0.05) is 5.92 Å². The maximum Gasteiger partial charge on any atom is 0.221 e. The van der Waals surface area contributed by atoms with Gasteiger partial charge in [-0.25, -0.2) is 0 Å². The fourth-order valence-corrected chi connectivity index (χ4v) is 1.58. The van der Waals surface area contributed by atoms with Crippen LogP contribution in [0.4, 0.5) is 0 Å². The second-order valence-corrected chi connectivity index (χ2v) is 4.31. The monoisotopic (exact) mass is 217 g/mol. The van der Waals surface area contributed by atoms with Crippen LogP contribution in [0.1, 0.15) is 25.8 Å². The Kier molecular flexibility index (Phi) is 4.77. The van der Waals surface area contributed by atoms with Crippen LogP contribution in [0.25, 0.3) is 0 Å². The maximum atomic E-state index is 11.3. The minimum absolute atomic E-state index is 0.0997. The molecule has 1 rings (SSSR count). The predicted octanol–water partition coefficient (Wildman–Crippen LogP) is 2.69. The molecular formula is C14H19NO. The van der Waals surface area contributed by atoms with Gasteiger partial charge in [-0.15, -0.1) is 0 Å². The summed E-state index contributed by atoms with van der Waals surface area (Å²) in [5.74, 6) is -0.321. The lowest BCUT2D eigenvalue weighted by Gasteiger charge is -2.11. The van der Waals surface area contributed by atoms with Gasteiger partial charge in [0.25, 0.3) is 0 Å². The quantitative estimate of drug-likeness (QED) is 0.757. The minimum Gasteiger partial charge on any atom is -0.369 e. The summed E-state index contributed by atoms with van der Waals surface area (Å²) in [6, 6.07) is 9.98. The van der Waals surface area contributed by atoms with Crippen LogP contribution in [0.3, 0.4) is 0 Å². The van der Waals surface area contributed by atoms with E-state index in [0.29, 0.717) is 0 Å². The molecule has 1 amide bonds. The number of benzene rings is 1. The number of carbonyl (C=O) groups is 1. The highest BCUT2D eigenvalue weighted by Crippen LogP contribution is 2.13. The topological polar surface area (TPSA) is 43.1 Å². The molecule has 1 atom stereocenters. The van der Waals surface area contributed by atoms with Crippen molar-refractivity contribution < 1.29 is 4.79 Å². The van der Waals surface area contributed by atoms with Crippen molar-refractivity contribution in [2.75, 3.05) is 0 Å². The molecule has 0 radical (unpaired) electrons. The Labute approximate surface area is 97.2 Å². The lowest BCUT2D eigenvalue weighted by Crippen LogP contribution is -2.24. The number of hydrogen-bond acceptors (Lipinski definition) is 1. The molecule has 0 aliphatic rings. The normalized spacial score (nSPS) is 11.9. The molecule has 0 bridgehead atoms. The van der Waals surface area contributed by atoms with E-state index in [2.05, 4.69) is 6.08 Å². The average molecular weight is 217 g/mol. The van der Waals surface area contributed by atoms with Crippen molar-refractivity contribution in [3.63, 3.8) is 0 Å². The standard InChI is InChI=1S/C14H19NO/c1-11(2)8-9-13(14(15)16)10-12-6-4-3-5-7-12/h3-8,13H,9-10H2,1-2H3,(H2,15,16)/t13-/m1/s1. The summed E-state index contributed by atoms with van der Waals surface area (Å²) < 4.78 is 0. The molecule has 2 nitrogen and oxygen atoms in total. The van der Waals surface area contributed by atoms with Crippen LogP contribution >= 0.6 is 0 Å². The van der Waals surface area contributed by atoms with Crippen LogP contribution in [0, 0.1) is 5.92 Å². The smallest absolute Gasteiger partial charge is 0.221 e. The van der Waals surface area contributed by atoms with Gasteiger partial charge in [-0.3, -0.25) is 4.79 Å². The van der Waals surface area contributed by atoms with Crippen LogP contribution in [-0.4, -0.2) is 5.91 Å². The first kappa shape index (κ1) is 12.5. The van der Waals surface area contributed by atoms with Gasteiger partial charge in [-0.1, -0.05) is 42.0 Å². The molecule has 1 aromatic carbocycles. The molecule has 86 valence electrons. The SMILES string of the molecule is CC(C)=CC[C@H](Cc1ccccc1)C(N)=O. The summed E-state index contributed by atoms with van der Waals surface area (Å²) in [6.07, 6.45) is 3.52. The molecule has 0 saturated heterocycles. The first-order chi connectivity index (χ1) is 7.59. The maximum absolute atomic E-state index is 11.3. The third-order valence-electron chi connectivity index (χ3n) is 2.54. The summed E-state index contributed by atoms with van der Waals surface area (Å²) in [4.78, 5) is 11.3. The number of carbonyl (C=O) groups excluding carboxylic acids is 1. The number of nitrogens with two attached hydrogens (primary N) is 1. The van der Waals surface area contributed by atoms with Gasteiger partial charge in [-0.2, -0.15) is 0 Å². The Hall–Kier alpha value is -1.57. The van der Waals surface area contributed by atoms with Crippen LogP contribution < -0.4 is 5.73 Å². The van der Waals surface area contributed by atoms with Crippen molar-refractivity contribution >= 4 is 5.91 Å². The molecule has 1 aromatic rings. The van der Waals surface area contributed by atoms with E-state index in [-0.39, 0.29) is 11.8 Å². The van der Waals surface area contributed by atoms with E-state index < -0.39 is 0 Å². The lowest BCUT2D eigenvalue weighted by atomic mass is 9.95. The Balaban J connectivity index is 2.66. The highest BCUT2D eigenvalue weighted by atomic mass is 16.1. The third-order valence-corrected chi connectivity index (χ3v) is 2.54. The lowest BCUT2D eigenvalue weighted by molar-refractivity contribution is -0.121. The Morgan fingerprint density at radius 3 is 2.44 bits per heavy atom. The molecule has 0 saturated carbocycles. The number of rotatable bonds is 5. The van der Waals surface area contributed by atoms with E-state index in [9.17, 15) is 4.79 Å². The Bertz CT molecular complexity index is 364. The van der Waals surface area contributed by atoms with Crippen molar-refractivity contribution in [1.29, 1.82) is 0 Å².